The first kappa shape index (κ1) is 15.6. The van der Waals surface area contributed by atoms with Crippen molar-refractivity contribution in [1.29, 1.82) is 0 Å². The molecule has 0 saturated carbocycles. The van der Waals surface area contributed by atoms with E-state index < -0.39 is 28.6 Å². The van der Waals surface area contributed by atoms with E-state index in [2.05, 4.69) is 0 Å². The molecule has 2 rings (SSSR count). The van der Waals surface area contributed by atoms with Crippen LogP contribution in [0, 0.1) is 12.7 Å². The predicted molar refractivity (Wildman–Crippen MR) is 75.7 cm³/mol. The molecule has 1 N–H and O–H groups in total. The summed E-state index contributed by atoms with van der Waals surface area (Å²) in [7, 11) is -3.94. The molecule has 112 valence electrons. The third kappa shape index (κ3) is 4.10. The highest BCUT2D eigenvalue weighted by atomic mass is 32.2. The van der Waals surface area contributed by atoms with Crippen LogP contribution in [0.2, 0.25) is 0 Å². The molecule has 0 bridgehead atoms. The van der Waals surface area contributed by atoms with Gasteiger partial charge in [-0.25, -0.2) is 4.39 Å². The van der Waals surface area contributed by atoms with Crippen LogP contribution >= 0.6 is 0 Å². The SMILES string of the molecule is Cc1ccc(S(=O)(=O)OCC(O)c2cccc(F)c2)cc1. The molecule has 0 saturated heterocycles. The number of aliphatic hydroxyl groups excluding tert-OH is 1. The summed E-state index contributed by atoms with van der Waals surface area (Å²) in [4.78, 5) is 0.0135. The molecule has 0 heterocycles. The van der Waals surface area contributed by atoms with E-state index in [9.17, 15) is 17.9 Å². The first-order chi connectivity index (χ1) is 9.88. The van der Waals surface area contributed by atoms with Gasteiger partial charge in [0, 0.05) is 0 Å². The van der Waals surface area contributed by atoms with Gasteiger partial charge in [0.25, 0.3) is 10.1 Å². The minimum Gasteiger partial charge on any atom is -0.386 e. The molecule has 0 aliphatic carbocycles. The van der Waals surface area contributed by atoms with Crippen molar-refractivity contribution in [3.8, 4) is 0 Å². The van der Waals surface area contributed by atoms with Crippen LogP contribution in [-0.4, -0.2) is 20.1 Å². The Morgan fingerprint density at radius 2 is 1.86 bits per heavy atom. The minimum atomic E-state index is -3.94. The van der Waals surface area contributed by atoms with Gasteiger partial charge in [-0.1, -0.05) is 29.8 Å². The number of hydrogen-bond donors (Lipinski definition) is 1. The highest BCUT2D eigenvalue weighted by molar-refractivity contribution is 7.86. The Hall–Kier alpha value is -1.76. The van der Waals surface area contributed by atoms with Gasteiger partial charge in [0.2, 0.25) is 0 Å². The fraction of sp³-hybridized carbons (Fsp3) is 0.200. The largest absolute Gasteiger partial charge is 0.386 e. The smallest absolute Gasteiger partial charge is 0.297 e. The Morgan fingerprint density at radius 1 is 1.19 bits per heavy atom. The van der Waals surface area contributed by atoms with Crippen LogP contribution in [0.3, 0.4) is 0 Å². The molecule has 1 unspecified atom stereocenters. The van der Waals surface area contributed by atoms with E-state index in [1.807, 2.05) is 6.92 Å². The Balaban J connectivity index is 2.06. The van der Waals surface area contributed by atoms with Gasteiger partial charge in [0.15, 0.2) is 0 Å². The van der Waals surface area contributed by atoms with Crippen LogP contribution in [0.15, 0.2) is 53.4 Å². The van der Waals surface area contributed by atoms with Gasteiger partial charge in [-0.3, -0.25) is 4.18 Å². The van der Waals surface area contributed by atoms with Crippen LogP contribution < -0.4 is 0 Å². The first-order valence-electron chi connectivity index (χ1n) is 6.28. The van der Waals surface area contributed by atoms with E-state index in [0.29, 0.717) is 0 Å². The number of aryl methyl sites for hydroxylation is 1. The molecule has 1 atom stereocenters. The first-order valence-corrected chi connectivity index (χ1v) is 7.69. The Labute approximate surface area is 122 Å². The average Bonchev–Trinajstić information content (AvgIpc) is 2.45. The van der Waals surface area contributed by atoms with E-state index in [-0.39, 0.29) is 10.5 Å². The van der Waals surface area contributed by atoms with Crippen molar-refractivity contribution >= 4 is 10.1 Å². The second kappa shape index (κ2) is 6.34. The second-order valence-corrected chi connectivity index (χ2v) is 6.24. The molecule has 0 spiro atoms. The maximum absolute atomic E-state index is 13.0. The van der Waals surface area contributed by atoms with Crippen molar-refractivity contribution in [2.45, 2.75) is 17.9 Å². The molecular formula is C15H15FO4S. The van der Waals surface area contributed by atoms with Crippen LogP contribution in [0.4, 0.5) is 4.39 Å². The normalized spacial score (nSPS) is 13.1. The molecule has 0 fully saturated rings. The predicted octanol–water partition coefficient (Wildman–Crippen LogP) is 2.57. The molecule has 0 radical (unpaired) electrons. The van der Waals surface area contributed by atoms with E-state index in [1.54, 1.807) is 12.1 Å². The highest BCUT2D eigenvalue weighted by Crippen LogP contribution is 2.18. The average molecular weight is 310 g/mol. The van der Waals surface area contributed by atoms with Crippen molar-refractivity contribution in [1.82, 2.24) is 0 Å². The van der Waals surface area contributed by atoms with Gasteiger partial charge in [-0.2, -0.15) is 8.42 Å². The zero-order valence-electron chi connectivity index (χ0n) is 11.4. The second-order valence-electron chi connectivity index (χ2n) is 4.62. The monoisotopic (exact) mass is 310 g/mol. The van der Waals surface area contributed by atoms with Gasteiger partial charge in [-0.15, -0.1) is 0 Å². The topological polar surface area (TPSA) is 63.6 Å². The molecule has 2 aromatic carbocycles. The van der Waals surface area contributed by atoms with Crippen molar-refractivity contribution in [3.05, 3.63) is 65.5 Å². The van der Waals surface area contributed by atoms with Gasteiger partial charge >= 0.3 is 0 Å². The third-order valence-corrected chi connectivity index (χ3v) is 4.22. The number of halogens is 1. The Bertz CT molecular complexity index is 711. The van der Waals surface area contributed by atoms with Crippen molar-refractivity contribution in [2.75, 3.05) is 6.61 Å². The van der Waals surface area contributed by atoms with E-state index in [4.69, 9.17) is 4.18 Å². The maximum Gasteiger partial charge on any atom is 0.297 e. The van der Waals surface area contributed by atoms with Crippen LogP contribution in [-0.2, 0) is 14.3 Å². The Kier molecular flexibility index (Phi) is 4.72. The lowest BCUT2D eigenvalue weighted by Gasteiger charge is -2.12. The van der Waals surface area contributed by atoms with E-state index in [1.165, 1.54) is 30.3 Å². The molecular weight excluding hydrogens is 295 g/mol. The molecule has 21 heavy (non-hydrogen) atoms. The molecule has 0 amide bonds. The Morgan fingerprint density at radius 3 is 2.48 bits per heavy atom. The fourth-order valence-corrected chi connectivity index (χ4v) is 2.65. The summed E-state index contributed by atoms with van der Waals surface area (Å²) in [5.41, 5.74) is 1.18. The summed E-state index contributed by atoms with van der Waals surface area (Å²) in [5, 5.41) is 9.84. The summed E-state index contributed by atoms with van der Waals surface area (Å²) in [6.07, 6.45) is -1.22. The summed E-state index contributed by atoms with van der Waals surface area (Å²) in [6, 6.07) is 11.5. The van der Waals surface area contributed by atoms with Crippen LogP contribution in [0.25, 0.3) is 0 Å². The summed E-state index contributed by atoms with van der Waals surface area (Å²) < 4.78 is 41.7. The standard InChI is InChI=1S/C15H15FO4S/c1-11-5-7-14(8-6-11)21(18,19)20-10-15(17)12-3-2-4-13(16)9-12/h2-9,15,17H,10H2,1H3. The zero-order valence-corrected chi connectivity index (χ0v) is 12.2. The maximum atomic E-state index is 13.0. The highest BCUT2D eigenvalue weighted by Gasteiger charge is 2.18. The van der Waals surface area contributed by atoms with Gasteiger partial charge in [0.05, 0.1) is 11.5 Å². The number of benzene rings is 2. The molecule has 6 heteroatoms. The quantitative estimate of drug-likeness (QED) is 0.862. The lowest BCUT2D eigenvalue weighted by atomic mass is 10.1. The lowest BCUT2D eigenvalue weighted by Crippen LogP contribution is -2.13. The summed E-state index contributed by atoms with van der Waals surface area (Å²) in [5.74, 6) is -0.507. The van der Waals surface area contributed by atoms with E-state index >= 15 is 0 Å². The molecule has 2 aromatic rings. The van der Waals surface area contributed by atoms with Crippen molar-refractivity contribution in [2.24, 2.45) is 0 Å². The molecule has 0 aliphatic rings. The number of rotatable bonds is 5. The lowest BCUT2D eigenvalue weighted by molar-refractivity contribution is 0.111. The molecule has 0 aromatic heterocycles. The number of hydrogen-bond acceptors (Lipinski definition) is 4. The van der Waals surface area contributed by atoms with Crippen molar-refractivity contribution in [3.63, 3.8) is 0 Å². The summed E-state index contributed by atoms with van der Waals surface area (Å²) in [6.45, 7) is 1.37. The van der Waals surface area contributed by atoms with Crippen molar-refractivity contribution < 1.29 is 22.1 Å². The van der Waals surface area contributed by atoms with Gasteiger partial charge in [-0.05, 0) is 36.8 Å². The molecule has 4 nitrogen and oxygen atoms in total. The van der Waals surface area contributed by atoms with Gasteiger partial charge in [0.1, 0.15) is 11.9 Å². The number of aliphatic hydroxyl groups is 1. The minimum absolute atomic E-state index is 0.0135. The van der Waals surface area contributed by atoms with E-state index in [0.717, 1.165) is 11.6 Å². The summed E-state index contributed by atoms with van der Waals surface area (Å²) >= 11 is 0. The van der Waals surface area contributed by atoms with Gasteiger partial charge < -0.3 is 5.11 Å². The fourth-order valence-electron chi connectivity index (χ4n) is 1.74. The molecule has 0 aliphatic heterocycles. The van der Waals surface area contributed by atoms with Crippen LogP contribution in [0.5, 0.6) is 0 Å². The zero-order chi connectivity index (χ0) is 15.5. The van der Waals surface area contributed by atoms with Crippen LogP contribution in [0.1, 0.15) is 17.2 Å². The third-order valence-electron chi connectivity index (χ3n) is 2.92.